The highest BCUT2D eigenvalue weighted by molar-refractivity contribution is 9.10. The fourth-order valence-corrected chi connectivity index (χ4v) is 2.16. The first-order chi connectivity index (χ1) is 12.1. The van der Waals surface area contributed by atoms with Gasteiger partial charge in [-0.2, -0.15) is 0 Å². The molecule has 2 aromatic rings. The van der Waals surface area contributed by atoms with Gasteiger partial charge in [0.25, 0.3) is 5.91 Å². The van der Waals surface area contributed by atoms with Crippen LogP contribution in [-0.4, -0.2) is 31.7 Å². The van der Waals surface area contributed by atoms with E-state index in [1.54, 1.807) is 48.5 Å². The summed E-state index contributed by atoms with van der Waals surface area (Å²) in [5.74, 6) is 0.0128. The number of para-hydroxylation sites is 2. The lowest BCUT2D eigenvalue weighted by Crippen LogP contribution is -2.23. The molecular weight excluding hydrogens is 390 g/mol. The van der Waals surface area contributed by atoms with Crippen LogP contribution in [0, 0.1) is 0 Å². The van der Waals surface area contributed by atoms with Crippen molar-refractivity contribution in [2.45, 2.75) is 6.92 Å². The average molecular weight is 408 g/mol. The fraction of sp³-hybridized carbons (Fsp3) is 0.222. The number of hydrogen-bond donors (Lipinski definition) is 1. The Morgan fingerprint density at radius 1 is 1.00 bits per heavy atom. The Labute approximate surface area is 154 Å². The molecule has 1 amide bonds. The van der Waals surface area contributed by atoms with Crippen LogP contribution in [-0.2, 0) is 14.3 Å². The number of anilines is 1. The summed E-state index contributed by atoms with van der Waals surface area (Å²) in [5.41, 5.74) is 0.525. The number of esters is 1. The van der Waals surface area contributed by atoms with E-state index in [0.29, 0.717) is 23.8 Å². The molecule has 0 unspecified atom stereocenters. The monoisotopic (exact) mass is 407 g/mol. The van der Waals surface area contributed by atoms with Crippen LogP contribution in [0.25, 0.3) is 0 Å². The molecule has 25 heavy (non-hydrogen) atoms. The van der Waals surface area contributed by atoms with Crippen LogP contribution in [0.5, 0.6) is 11.5 Å². The smallest absolute Gasteiger partial charge is 0.344 e. The minimum absolute atomic E-state index is 0.273. The van der Waals surface area contributed by atoms with E-state index in [-0.39, 0.29) is 6.61 Å². The third-order valence-corrected chi connectivity index (χ3v) is 3.52. The predicted molar refractivity (Wildman–Crippen MR) is 96.8 cm³/mol. The van der Waals surface area contributed by atoms with Gasteiger partial charge in [-0.25, -0.2) is 4.79 Å². The SMILES string of the molecule is CCOc1ccccc1NC(=O)COC(=O)COc1ccc(Br)cc1. The standard InChI is InChI=1S/C18H18BrNO5/c1-2-23-16-6-4-3-5-15(16)20-17(21)11-25-18(22)12-24-14-9-7-13(19)8-10-14/h3-10H,2,11-12H2,1H3,(H,20,21). The highest BCUT2D eigenvalue weighted by atomic mass is 79.9. The Hall–Kier alpha value is -2.54. The van der Waals surface area contributed by atoms with Crippen molar-refractivity contribution in [3.63, 3.8) is 0 Å². The zero-order valence-corrected chi connectivity index (χ0v) is 15.2. The highest BCUT2D eigenvalue weighted by Crippen LogP contribution is 2.23. The van der Waals surface area contributed by atoms with Gasteiger partial charge in [0.15, 0.2) is 13.2 Å². The molecular formula is C18H18BrNO5. The van der Waals surface area contributed by atoms with E-state index in [9.17, 15) is 9.59 Å². The van der Waals surface area contributed by atoms with Crippen LogP contribution in [0.1, 0.15) is 6.92 Å². The number of nitrogens with one attached hydrogen (secondary N) is 1. The van der Waals surface area contributed by atoms with Gasteiger partial charge in [-0.1, -0.05) is 28.1 Å². The molecule has 0 heterocycles. The summed E-state index contributed by atoms with van der Waals surface area (Å²) in [5, 5.41) is 2.64. The van der Waals surface area contributed by atoms with E-state index < -0.39 is 18.5 Å². The van der Waals surface area contributed by atoms with Gasteiger partial charge < -0.3 is 19.5 Å². The van der Waals surface area contributed by atoms with Crippen molar-refractivity contribution in [1.82, 2.24) is 0 Å². The van der Waals surface area contributed by atoms with E-state index in [1.165, 1.54) is 0 Å². The molecule has 0 fully saturated rings. The van der Waals surface area contributed by atoms with Gasteiger partial charge in [-0.3, -0.25) is 4.79 Å². The largest absolute Gasteiger partial charge is 0.492 e. The van der Waals surface area contributed by atoms with E-state index in [0.717, 1.165) is 4.47 Å². The minimum Gasteiger partial charge on any atom is -0.492 e. The van der Waals surface area contributed by atoms with Crippen molar-refractivity contribution >= 4 is 33.5 Å². The Kier molecular flexibility index (Phi) is 7.28. The molecule has 0 atom stereocenters. The van der Waals surface area contributed by atoms with Crippen molar-refractivity contribution < 1.29 is 23.8 Å². The second-order valence-corrected chi connectivity index (χ2v) is 5.80. The van der Waals surface area contributed by atoms with Gasteiger partial charge >= 0.3 is 5.97 Å². The summed E-state index contributed by atoms with van der Waals surface area (Å²) in [7, 11) is 0. The summed E-state index contributed by atoms with van der Waals surface area (Å²) in [6.45, 7) is 1.66. The Balaban J connectivity index is 1.76. The van der Waals surface area contributed by atoms with Crippen LogP contribution in [0.4, 0.5) is 5.69 Å². The van der Waals surface area contributed by atoms with Crippen LogP contribution in [0.2, 0.25) is 0 Å². The summed E-state index contributed by atoms with van der Waals surface area (Å²) in [6, 6.07) is 14.1. The van der Waals surface area contributed by atoms with Gasteiger partial charge in [-0.05, 0) is 43.3 Å². The van der Waals surface area contributed by atoms with Gasteiger partial charge in [0.2, 0.25) is 0 Å². The number of carbonyl (C=O) groups excluding carboxylic acids is 2. The Morgan fingerprint density at radius 2 is 1.72 bits per heavy atom. The number of hydrogen-bond acceptors (Lipinski definition) is 5. The average Bonchev–Trinajstić information content (AvgIpc) is 2.61. The molecule has 2 aromatic carbocycles. The maximum Gasteiger partial charge on any atom is 0.344 e. The van der Waals surface area contributed by atoms with Crippen molar-refractivity contribution in [1.29, 1.82) is 0 Å². The summed E-state index contributed by atoms with van der Waals surface area (Å²) in [6.07, 6.45) is 0. The Morgan fingerprint density at radius 3 is 2.44 bits per heavy atom. The maximum absolute atomic E-state index is 11.9. The molecule has 132 valence electrons. The lowest BCUT2D eigenvalue weighted by molar-refractivity contribution is -0.149. The normalized spacial score (nSPS) is 10.0. The van der Waals surface area contributed by atoms with Crippen LogP contribution >= 0.6 is 15.9 Å². The predicted octanol–water partition coefficient (Wildman–Crippen LogP) is 3.41. The summed E-state index contributed by atoms with van der Waals surface area (Å²) < 4.78 is 16.5. The molecule has 0 aliphatic carbocycles. The van der Waals surface area contributed by atoms with E-state index in [1.807, 2.05) is 6.92 Å². The quantitative estimate of drug-likeness (QED) is 0.678. The van der Waals surface area contributed by atoms with Crippen molar-refractivity contribution in [2.24, 2.45) is 0 Å². The number of carbonyl (C=O) groups is 2. The molecule has 1 N–H and O–H groups in total. The van der Waals surface area contributed by atoms with E-state index >= 15 is 0 Å². The molecule has 0 saturated carbocycles. The number of benzene rings is 2. The first kappa shape index (κ1) is 18.8. The lowest BCUT2D eigenvalue weighted by atomic mass is 10.3. The number of halogens is 1. The first-order valence-electron chi connectivity index (χ1n) is 7.64. The lowest BCUT2D eigenvalue weighted by Gasteiger charge is -2.11. The topological polar surface area (TPSA) is 73.9 Å². The molecule has 0 aliphatic rings. The fourth-order valence-electron chi connectivity index (χ4n) is 1.90. The summed E-state index contributed by atoms with van der Waals surface area (Å²) in [4.78, 5) is 23.5. The van der Waals surface area contributed by atoms with Crippen molar-refractivity contribution in [2.75, 3.05) is 25.1 Å². The molecule has 0 aromatic heterocycles. The van der Waals surface area contributed by atoms with Gasteiger partial charge in [-0.15, -0.1) is 0 Å². The van der Waals surface area contributed by atoms with Gasteiger partial charge in [0.05, 0.1) is 12.3 Å². The van der Waals surface area contributed by atoms with E-state index in [4.69, 9.17) is 14.2 Å². The van der Waals surface area contributed by atoms with E-state index in [2.05, 4.69) is 21.2 Å². The molecule has 0 bridgehead atoms. The van der Waals surface area contributed by atoms with Crippen LogP contribution in [0.3, 0.4) is 0 Å². The third-order valence-electron chi connectivity index (χ3n) is 3.00. The molecule has 2 rings (SSSR count). The minimum atomic E-state index is -0.629. The molecule has 0 aliphatic heterocycles. The van der Waals surface area contributed by atoms with Crippen LogP contribution < -0.4 is 14.8 Å². The first-order valence-corrected chi connectivity index (χ1v) is 8.43. The van der Waals surface area contributed by atoms with Crippen molar-refractivity contribution in [3.8, 4) is 11.5 Å². The van der Waals surface area contributed by atoms with Crippen molar-refractivity contribution in [3.05, 3.63) is 53.0 Å². The summed E-state index contributed by atoms with van der Waals surface area (Å²) >= 11 is 3.31. The highest BCUT2D eigenvalue weighted by Gasteiger charge is 2.11. The Bertz CT molecular complexity index is 718. The zero-order chi connectivity index (χ0) is 18.1. The number of ether oxygens (including phenoxy) is 3. The van der Waals surface area contributed by atoms with Gasteiger partial charge in [0, 0.05) is 4.47 Å². The van der Waals surface area contributed by atoms with Gasteiger partial charge in [0.1, 0.15) is 11.5 Å². The molecule has 0 spiro atoms. The second-order valence-electron chi connectivity index (χ2n) is 4.88. The molecule has 7 heteroatoms. The number of amides is 1. The van der Waals surface area contributed by atoms with Crippen LogP contribution in [0.15, 0.2) is 53.0 Å². The third kappa shape index (κ3) is 6.46. The number of rotatable bonds is 8. The molecule has 0 radical (unpaired) electrons. The zero-order valence-electron chi connectivity index (χ0n) is 13.7. The maximum atomic E-state index is 11.9. The molecule has 6 nitrogen and oxygen atoms in total. The second kappa shape index (κ2) is 9.68. The molecule has 0 saturated heterocycles.